The van der Waals surface area contributed by atoms with E-state index in [0.717, 1.165) is 42.0 Å². The van der Waals surface area contributed by atoms with Crippen LogP contribution in [-0.2, 0) is 6.54 Å². The van der Waals surface area contributed by atoms with Crippen LogP contribution in [0.5, 0.6) is 0 Å². The van der Waals surface area contributed by atoms with Gasteiger partial charge in [-0.15, -0.1) is 0 Å². The molecule has 1 saturated heterocycles. The molecule has 0 amide bonds. The van der Waals surface area contributed by atoms with Crippen LogP contribution in [-0.4, -0.2) is 33.6 Å². The average Bonchev–Trinajstić information content (AvgIpc) is 2.77. The minimum atomic E-state index is -0.275. The van der Waals surface area contributed by atoms with E-state index in [-0.39, 0.29) is 17.3 Å². The third kappa shape index (κ3) is 4.49. The third-order valence-electron chi connectivity index (χ3n) is 6.73. The monoisotopic (exact) mass is 435 g/mol. The Morgan fingerprint density at radius 3 is 2.62 bits per heavy atom. The predicted octanol–water partition coefficient (Wildman–Crippen LogP) is 5.75. The Hall–Kier alpha value is -2.53. The second-order valence-electron chi connectivity index (χ2n) is 9.83. The summed E-state index contributed by atoms with van der Waals surface area (Å²) in [5.41, 5.74) is 3.36. The maximum Gasteiger partial charge on any atom is 0.261 e. The van der Waals surface area contributed by atoms with Gasteiger partial charge in [0, 0.05) is 25.0 Å². The first-order valence-electron chi connectivity index (χ1n) is 11.8. The van der Waals surface area contributed by atoms with Gasteiger partial charge < -0.3 is 4.90 Å². The summed E-state index contributed by atoms with van der Waals surface area (Å²) in [6.07, 6.45) is 2.30. The van der Waals surface area contributed by atoms with Crippen molar-refractivity contribution in [3.05, 3.63) is 64.0 Å². The smallest absolute Gasteiger partial charge is 0.261 e. The molecule has 0 bridgehead atoms. The first kappa shape index (κ1) is 22.7. The van der Waals surface area contributed by atoms with Gasteiger partial charge in [0.1, 0.15) is 11.6 Å². The van der Waals surface area contributed by atoms with Crippen molar-refractivity contribution in [3.8, 4) is 11.1 Å². The summed E-state index contributed by atoms with van der Waals surface area (Å²) in [5, 5.41) is 0.604. The molecule has 1 aromatic heterocycles. The number of nitrogens with zero attached hydrogens (tertiary/aromatic N) is 3. The summed E-state index contributed by atoms with van der Waals surface area (Å²) in [6, 6.07) is 11.0. The number of likely N-dealkylation sites (tertiary alicyclic amines) is 1. The van der Waals surface area contributed by atoms with Crippen molar-refractivity contribution in [1.29, 1.82) is 0 Å². The Labute approximate surface area is 190 Å². The van der Waals surface area contributed by atoms with Gasteiger partial charge in [0.2, 0.25) is 0 Å². The number of aromatic nitrogens is 2. The van der Waals surface area contributed by atoms with Gasteiger partial charge in [-0.2, -0.15) is 0 Å². The van der Waals surface area contributed by atoms with Crippen LogP contribution in [0.25, 0.3) is 22.0 Å². The van der Waals surface area contributed by atoms with Gasteiger partial charge >= 0.3 is 0 Å². The Balaban J connectivity index is 1.79. The molecule has 1 aliphatic rings. The summed E-state index contributed by atoms with van der Waals surface area (Å²) < 4.78 is 15.8. The molecule has 4 rings (SSSR count). The van der Waals surface area contributed by atoms with Crippen molar-refractivity contribution >= 4 is 10.9 Å². The van der Waals surface area contributed by atoms with E-state index in [0.29, 0.717) is 29.4 Å². The molecule has 0 unspecified atom stereocenters. The Kier molecular flexibility index (Phi) is 6.47. The number of hydrogen-bond donors (Lipinski definition) is 0. The van der Waals surface area contributed by atoms with E-state index >= 15 is 0 Å². The van der Waals surface area contributed by atoms with Gasteiger partial charge in [0.05, 0.1) is 10.9 Å². The van der Waals surface area contributed by atoms with Crippen molar-refractivity contribution in [1.82, 2.24) is 14.5 Å². The highest BCUT2D eigenvalue weighted by Crippen LogP contribution is 2.28. The largest absolute Gasteiger partial charge is 0.301 e. The molecule has 2 aromatic carbocycles. The van der Waals surface area contributed by atoms with Crippen molar-refractivity contribution in [3.63, 3.8) is 0 Å². The zero-order valence-electron chi connectivity index (χ0n) is 19.9. The van der Waals surface area contributed by atoms with E-state index in [1.165, 1.54) is 18.6 Å². The molecule has 1 aliphatic heterocycles. The molecule has 32 heavy (non-hydrogen) atoms. The molecule has 0 spiro atoms. The fraction of sp³-hybridized carbons (Fsp3) is 0.481. The Morgan fingerprint density at radius 1 is 1.12 bits per heavy atom. The average molecular weight is 436 g/mol. The summed E-state index contributed by atoms with van der Waals surface area (Å²) in [5.74, 6) is 1.17. The molecule has 2 heterocycles. The number of rotatable bonds is 5. The van der Waals surface area contributed by atoms with Gasteiger partial charge in [-0.25, -0.2) is 9.37 Å². The second-order valence-corrected chi connectivity index (χ2v) is 9.83. The van der Waals surface area contributed by atoms with Crippen LogP contribution in [0.2, 0.25) is 0 Å². The predicted molar refractivity (Wildman–Crippen MR) is 130 cm³/mol. The molecule has 170 valence electrons. The van der Waals surface area contributed by atoms with Crippen molar-refractivity contribution in [2.24, 2.45) is 5.92 Å². The van der Waals surface area contributed by atoms with E-state index in [9.17, 15) is 9.18 Å². The molecule has 1 atom stereocenters. The minimum Gasteiger partial charge on any atom is -0.301 e. The normalized spacial score (nSPS) is 17.6. The van der Waals surface area contributed by atoms with Crippen LogP contribution in [0.4, 0.5) is 4.39 Å². The highest BCUT2D eigenvalue weighted by atomic mass is 19.1. The lowest BCUT2D eigenvalue weighted by Gasteiger charge is -2.36. The molecule has 0 N–H and O–H groups in total. The first-order chi connectivity index (χ1) is 15.2. The number of benzene rings is 2. The minimum absolute atomic E-state index is 0.0104. The van der Waals surface area contributed by atoms with Gasteiger partial charge in [-0.1, -0.05) is 26.0 Å². The van der Waals surface area contributed by atoms with Crippen LogP contribution in [0.15, 0.2) is 41.2 Å². The van der Waals surface area contributed by atoms with Gasteiger partial charge in [0.25, 0.3) is 5.56 Å². The molecule has 5 heteroatoms. The zero-order chi connectivity index (χ0) is 23.0. The van der Waals surface area contributed by atoms with Gasteiger partial charge in [0.15, 0.2) is 0 Å². The number of aryl methyl sites for hydroxylation is 1. The SMILES string of the molecule is Cc1ccc(F)cc1-c1ccc2nc(C(C)C)n(C[C@H]3CCCN(C(C)C)C3)c(=O)c2c1. The fourth-order valence-electron chi connectivity index (χ4n) is 4.90. The van der Waals surface area contributed by atoms with Crippen LogP contribution in [0, 0.1) is 18.7 Å². The molecule has 0 radical (unpaired) electrons. The molecule has 0 saturated carbocycles. The van der Waals surface area contributed by atoms with E-state index in [1.807, 2.05) is 29.7 Å². The molecular weight excluding hydrogens is 401 g/mol. The van der Waals surface area contributed by atoms with E-state index in [4.69, 9.17) is 4.98 Å². The highest BCUT2D eigenvalue weighted by Gasteiger charge is 2.24. The summed E-state index contributed by atoms with van der Waals surface area (Å²) in [4.78, 5) is 21.1. The lowest BCUT2D eigenvalue weighted by atomic mass is 9.96. The quantitative estimate of drug-likeness (QED) is 0.512. The van der Waals surface area contributed by atoms with Crippen LogP contribution < -0.4 is 5.56 Å². The number of hydrogen-bond acceptors (Lipinski definition) is 3. The van der Waals surface area contributed by atoms with Gasteiger partial charge in [-0.3, -0.25) is 9.36 Å². The van der Waals surface area contributed by atoms with Crippen molar-refractivity contribution < 1.29 is 4.39 Å². The maximum atomic E-state index is 13.9. The molecule has 4 nitrogen and oxygen atoms in total. The number of fused-ring (bicyclic) bond motifs is 1. The second kappa shape index (κ2) is 9.14. The van der Waals surface area contributed by atoms with Crippen molar-refractivity contribution in [2.45, 2.75) is 66.0 Å². The third-order valence-corrected chi connectivity index (χ3v) is 6.73. The van der Waals surface area contributed by atoms with E-state index in [1.54, 1.807) is 6.07 Å². The highest BCUT2D eigenvalue weighted by molar-refractivity contribution is 5.84. The van der Waals surface area contributed by atoms with Crippen LogP contribution >= 0.6 is 0 Å². The summed E-state index contributed by atoms with van der Waals surface area (Å²) >= 11 is 0. The Morgan fingerprint density at radius 2 is 1.91 bits per heavy atom. The van der Waals surface area contributed by atoms with Crippen LogP contribution in [0.1, 0.15) is 57.8 Å². The van der Waals surface area contributed by atoms with Gasteiger partial charge in [-0.05, 0) is 87.0 Å². The van der Waals surface area contributed by atoms with E-state index in [2.05, 4.69) is 32.6 Å². The lowest BCUT2D eigenvalue weighted by molar-refractivity contribution is 0.129. The van der Waals surface area contributed by atoms with Crippen LogP contribution in [0.3, 0.4) is 0 Å². The lowest BCUT2D eigenvalue weighted by Crippen LogP contribution is -2.42. The first-order valence-corrected chi connectivity index (χ1v) is 11.8. The Bertz CT molecular complexity index is 1180. The molecule has 3 aromatic rings. The van der Waals surface area contributed by atoms with Crippen molar-refractivity contribution in [2.75, 3.05) is 13.1 Å². The molecule has 0 aliphatic carbocycles. The standard InChI is InChI=1S/C27H34FN3O/c1-17(2)26-29-25-11-9-21(23-14-22(28)10-8-19(23)5)13-24(25)27(32)31(26)16-20-7-6-12-30(15-20)18(3)4/h8-11,13-14,17-18,20H,6-7,12,15-16H2,1-5H3/t20-/m0/s1. The summed E-state index contributed by atoms with van der Waals surface area (Å²) in [7, 11) is 0. The molecule has 1 fully saturated rings. The topological polar surface area (TPSA) is 38.1 Å². The van der Waals surface area contributed by atoms with E-state index < -0.39 is 0 Å². The maximum absolute atomic E-state index is 13.9. The summed E-state index contributed by atoms with van der Waals surface area (Å²) in [6.45, 7) is 13.5. The zero-order valence-corrected chi connectivity index (χ0v) is 19.9. The fourth-order valence-corrected chi connectivity index (χ4v) is 4.90. The molecular formula is C27H34FN3O. The number of piperidine rings is 1. The number of halogens is 1.